The summed E-state index contributed by atoms with van der Waals surface area (Å²) in [4.78, 5) is 4.56. The Bertz CT molecular complexity index is 393. The molecule has 4 nitrogen and oxygen atoms in total. The SMILES string of the molecule is CN(CCN1CCOCC1)CC(O)c1ccc(Cl)cc1. The first-order chi connectivity index (χ1) is 9.65. The average molecular weight is 299 g/mol. The van der Waals surface area contributed by atoms with Crippen LogP contribution in [0.15, 0.2) is 24.3 Å². The maximum Gasteiger partial charge on any atom is 0.0916 e. The number of hydrogen-bond acceptors (Lipinski definition) is 4. The van der Waals surface area contributed by atoms with Gasteiger partial charge in [-0.3, -0.25) is 4.90 Å². The van der Waals surface area contributed by atoms with E-state index in [9.17, 15) is 5.11 Å². The van der Waals surface area contributed by atoms with Crippen molar-refractivity contribution < 1.29 is 9.84 Å². The van der Waals surface area contributed by atoms with Crippen LogP contribution in [0.2, 0.25) is 5.02 Å². The Balaban J connectivity index is 1.72. The van der Waals surface area contributed by atoms with Crippen LogP contribution < -0.4 is 0 Å². The largest absolute Gasteiger partial charge is 0.387 e. The zero-order valence-electron chi connectivity index (χ0n) is 12.0. The van der Waals surface area contributed by atoms with Crippen molar-refractivity contribution in [1.29, 1.82) is 0 Å². The quantitative estimate of drug-likeness (QED) is 0.866. The van der Waals surface area contributed by atoms with E-state index in [4.69, 9.17) is 16.3 Å². The molecule has 1 saturated heterocycles. The van der Waals surface area contributed by atoms with E-state index in [0.29, 0.717) is 11.6 Å². The molecule has 0 amide bonds. The maximum atomic E-state index is 10.2. The topological polar surface area (TPSA) is 35.9 Å². The Hall–Kier alpha value is -0.650. The number of morpholine rings is 1. The third-order valence-corrected chi connectivity index (χ3v) is 3.89. The molecule has 1 aliphatic heterocycles. The van der Waals surface area contributed by atoms with Crippen molar-refractivity contribution in [1.82, 2.24) is 9.80 Å². The van der Waals surface area contributed by atoms with Crippen molar-refractivity contribution in [3.05, 3.63) is 34.9 Å². The van der Waals surface area contributed by atoms with Crippen molar-refractivity contribution in [3.8, 4) is 0 Å². The van der Waals surface area contributed by atoms with E-state index in [1.807, 2.05) is 31.3 Å². The second-order valence-corrected chi connectivity index (χ2v) is 5.72. The first kappa shape index (κ1) is 15.7. The Morgan fingerprint density at radius 1 is 1.30 bits per heavy atom. The number of halogens is 1. The van der Waals surface area contributed by atoms with Gasteiger partial charge in [-0.2, -0.15) is 0 Å². The van der Waals surface area contributed by atoms with E-state index in [1.165, 1.54) is 0 Å². The smallest absolute Gasteiger partial charge is 0.0916 e. The van der Waals surface area contributed by atoms with Gasteiger partial charge in [0.05, 0.1) is 19.3 Å². The molecular weight excluding hydrogens is 276 g/mol. The van der Waals surface area contributed by atoms with Crippen LogP contribution in [0.5, 0.6) is 0 Å². The van der Waals surface area contributed by atoms with Gasteiger partial charge in [-0.1, -0.05) is 23.7 Å². The highest BCUT2D eigenvalue weighted by Gasteiger charge is 2.13. The van der Waals surface area contributed by atoms with Gasteiger partial charge in [-0.05, 0) is 24.7 Å². The summed E-state index contributed by atoms with van der Waals surface area (Å²) in [6.45, 7) is 6.28. The molecule has 2 rings (SSSR count). The van der Waals surface area contributed by atoms with E-state index in [1.54, 1.807) is 0 Å². The predicted octanol–water partition coefficient (Wildman–Crippen LogP) is 1.64. The monoisotopic (exact) mass is 298 g/mol. The zero-order chi connectivity index (χ0) is 14.4. The van der Waals surface area contributed by atoms with Gasteiger partial charge in [-0.25, -0.2) is 0 Å². The molecule has 20 heavy (non-hydrogen) atoms. The molecule has 1 fully saturated rings. The van der Waals surface area contributed by atoms with Gasteiger partial charge < -0.3 is 14.7 Å². The molecule has 1 heterocycles. The number of benzene rings is 1. The standard InChI is InChI=1S/C15H23ClN2O2/c1-17(6-7-18-8-10-20-11-9-18)12-15(19)13-2-4-14(16)5-3-13/h2-5,15,19H,6-12H2,1H3. The summed E-state index contributed by atoms with van der Waals surface area (Å²) in [5.41, 5.74) is 0.910. The molecular formula is C15H23ClN2O2. The molecule has 1 aromatic rings. The Labute approximate surface area is 125 Å². The summed E-state index contributed by atoms with van der Waals surface area (Å²) >= 11 is 5.85. The van der Waals surface area contributed by atoms with E-state index in [0.717, 1.165) is 45.0 Å². The molecule has 1 N–H and O–H groups in total. The zero-order valence-corrected chi connectivity index (χ0v) is 12.7. The number of nitrogens with zero attached hydrogens (tertiary/aromatic N) is 2. The normalized spacial score (nSPS) is 18.4. The number of hydrogen-bond donors (Lipinski definition) is 1. The lowest BCUT2D eigenvalue weighted by Gasteiger charge is -2.29. The summed E-state index contributed by atoms with van der Waals surface area (Å²) < 4.78 is 5.33. The molecule has 5 heteroatoms. The van der Waals surface area contributed by atoms with Crippen LogP contribution >= 0.6 is 11.6 Å². The number of rotatable bonds is 6. The molecule has 0 spiro atoms. The molecule has 0 aromatic heterocycles. The lowest BCUT2D eigenvalue weighted by molar-refractivity contribution is 0.0320. The van der Waals surface area contributed by atoms with Crippen LogP contribution in [0, 0.1) is 0 Å². The predicted molar refractivity (Wildman–Crippen MR) is 81.2 cm³/mol. The van der Waals surface area contributed by atoms with E-state index in [2.05, 4.69) is 9.80 Å². The number of ether oxygens (including phenoxy) is 1. The Kier molecular flexibility index (Phi) is 6.26. The highest BCUT2D eigenvalue weighted by molar-refractivity contribution is 6.30. The fourth-order valence-corrected chi connectivity index (χ4v) is 2.44. The Morgan fingerprint density at radius 2 is 1.95 bits per heavy atom. The van der Waals surface area contributed by atoms with Crippen molar-refractivity contribution in [2.24, 2.45) is 0 Å². The molecule has 1 unspecified atom stereocenters. The third-order valence-electron chi connectivity index (χ3n) is 3.64. The van der Waals surface area contributed by atoms with Gasteiger partial charge in [0.25, 0.3) is 0 Å². The van der Waals surface area contributed by atoms with E-state index >= 15 is 0 Å². The van der Waals surface area contributed by atoms with E-state index < -0.39 is 6.10 Å². The van der Waals surface area contributed by atoms with Crippen LogP contribution in [-0.4, -0.2) is 67.9 Å². The molecule has 0 bridgehead atoms. The second-order valence-electron chi connectivity index (χ2n) is 5.28. The number of aliphatic hydroxyl groups excluding tert-OH is 1. The molecule has 1 aliphatic rings. The van der Waals surface area contributed by atoms with Gasteiger partial charge in [-0.15, -0.1) is 0 Å². The highest BCUT2D eigenvalue weighted by Crippen LogP contribution is 2.17. The summed E-state index contributed by atoms with van der Waals surface area (Å²) in [6, 6.07) is 7.38. The Morgan fingerprint density at radius 3 is 2.60 bits per heavy atom. The molecule has 112 valence electrons. The minimum atomic E-state index is -0.470. The molecule has 0 saturated carbocycles. The van der Waals surface area contributed by atoms with Crippen molar-refractivity contribution in [2.45, 2.75) is 6.10 Å². The summed E-state index contributed by atoms with van der Waals surface area (Å²) in [5.74, 6) is 0. The summed E-state index contributed by atoms with van der Waals surface area (Å²) in [7, 11) is 2.04. The van der Waals surface area contributed by atoms with Crippen LogP contribution in [0.25, 0.3) is 0 Å². The first-order valence-corrected chi connectivity index (χ1v) is 7.45. The lowest BCUT2D eigenvalue weighted by atomic mass is 10.1. The molecule has 1 atom stereocenters. The highest BCUT2D eigenvalue weighted by atomic mass is 35.5. The fraction of sp³-hybridized carbons (Fsp3) is 0.600. The fourth-order valence-electron chi connectivity index (χ4n) is 2.31. The average Bonchev–Trinajstić information content (AvgIpc) is 2.47. The van der Waals surface area contributed by atoms with Crippen LogP contribution in [0.4, 0.5) is 0 Å². The van der Waals surface area contributed by atoms with Gasteiger partial charge in [0.2, 0.25) is 0 Å². The summed E-state index contributed by atoms with van der Waals surface area (Å²) in [6.07, 6.45) is -0.470. The number of aliphatic hydroxyl groups is 1. The van der Waals surface area contributed by atoms with Gasteiger partial charge in [0.15, 0.2) is 0 Å². The minimum absolute atomic E-state index is 0.470. The van der Waals surface area contributed by atoms with Crippen molar-refractivity contribution in [2.75, 3.05) is 53.0 Å². The lowest BCUT2D eigenvalue weighted by Crippen LogP contribution is -2.41. The molecule has 1 aromatic carbocycles. The van der Waals surface area contributed by atoms with Gasteiger partial charge in [0, 0.05) is 37.7 Å². The van der Waals surface area contributed by atoms with Gasteiger partial charge >= 0.3 is 0 Å². The minimum Gasteiger partial charge on any atom is -0.387 e. The van der Waals surface area contributed by atoms with E-state index in [-0.39, 0.29) is 0 Å². The molecule has 0 aliphatic carbocycles. The van der Waals surface area contributed by atoms with Gasteiger partial charge in [0.1, 0.15) is 0 Å². The molecule has 0 radical (unpaired) electrons. The first-order valence-electron chi connectivity index (χ1n) is 7.07. The second kappa shape index (κ2) is 7.96. The maximum absolute atomic E-state index is 10.2. The van der Waals surface area contributed by atoms with Crippen LogP contribution in [0.3, 0.4) is 0 Å². The van der Waals surface area contributed by atoms with Crippen LogP contribution in [0.1, 0.15) is 11.7 Å². The van der Waals surface area contributed by atoms with Crippen LogP contribution in [-0.2, 0) is 4.74 Å². The third kappa shape index (κ3) is 5.04. The summed E-state index contributed by atoms with van der Waals surface area (Å²) in [5, 5.41) is 10.9. The number of likely N-dealkylation sites (N-methyl/N-ethyl adjacent to an activating group) is 1. The van der Waals surface area contributed by atoms with Crippen molar-refractivity contribution in [3.63, 3.8) is 0 Å². The van der Waals surface area contributed by atoms with Crippen molar-refractivity contribution >= 4 is 11.6 Å².